The predicted octanol–water partition coefficient (Wildman–Crippen LogP) is 3.63. The number of aliphatic hydroxyl groups excluding tert-OH is 1. The minimum Gasteiger partial charge on any atom is -0.504 e. The number of aromatic nitrogens is 1. The Labute approximate surface area is 156 Å². The highest BCUT2D eigenvalue weighted by atomic mass is 32.1. The van der Waals surface area contributed by atoms with Crippen molar-refractivity contribution in [3.63, 3.8) is 0 Å². The summed E-state index contributed by atoms with van der Waals surface area (Å²) >= 11 is 1.61. The van der Waals surface area contributed by atoms with E-state index in [0.717, 1.165) is 39.3 Å². The van der Waals surface area contributed by atoms with Gasteiger partial charge in [0.2, 0.25) is 0 Å². The molecule has 0 amide bonds. The molecule has 2 N–H and O–H groups in total. The lowest BCUT2D eigenvalue weighted by molar-refractivity contribution is 0.101. The molecule has 1 aliphatic rings. The van der Waals surface area contributed by atoms with Crippen molar-refractivity contribution in [3.8, 4) is 22.1 Å². The Morgan fingerprint density at radius 3 is 2.96 bits per heavy atom. The fourth-order valence-electron chi connectivity index (χ4n) is 3.26. The molecule has 1 atom stereocenters. The van der Waals surface area contributed by atoms with Gasteiger partial charge in [-0.15, -0.1) is 11.3 Å². The van der Waals surface area contributed by atoms with Crippen molar-refractivity contribution < 1.29 is 14.9 Å². The molecule has 0 saturated carbocycles. The van der Waals surface area contributed by atoms with Crippen molar-refractivity contribution in [2.75, 3.05) is 19.7 Å². The van der Waals surface area contributed by atoms with E-state index in [4.69, 9.17) is 9.72 Å². The highest BCUT2D eigenvalue weighted by Crippen LogP contribution is 2.39. The summed E-state index contributed by atoms with van der Waals surface area (Å²) in [7, 11) is 0. The zero-order chi connectivity index (χ0) is 18.1. The van der Waals surface area contributed by atoms with Gasteiger partial charge in [0.05, 0.1) is 16.3 Å². The number of hydrogen-bond acceptors (Lipinski definition) is 6. The summed E-state index contributed by atoms with van der Waals surface area (Å²) in [6.45, 7) is 4.44. The second-order valence-corrected chi connectivity index (χ2v) is 7.65. The molecule has 0 bridgehead atoms. The first-order chi connectivity index (χ1) is 12.6. The van der Waals surface area contributed by atoms with E-state index in [1.54, 1.807) is 17.4 Å². The van der Waals surface area contributed by atoms with Crippen LogP contribution in [0.5, 0.6) is 11.5 Å². The third-order valence-corrected chi connectivity index (χ3v) is 5.76. The molecular formula is C20H22N2O3S. The van der Waals surface area contributed by atoms with Crippen LogP contribution in [-0.2, 0) is 6.54 Å². The largest absolute Gasteiger partial charge is 0.504 e. The number of phenols is 1. The van der Waals surface area contributed by atoms with Crippen molar-refractivity contribution in [1.82, 2.24) is 9.88 Å². The van der Waals surface area contributed by atoms with Crippen LogP contribution in [0.4, 0.5) is 0 Å². The van der Waals surface area contributed by atoms with Crippen LogP contribution in [0.2, 0.25) is 0 Å². The number of nitrogens with zero attached hydrogens (tertiary/aromatic N) is 2. The molecule has 3 aromatic rings. The summed E-state index contributed by atoms with van der Waals surface area (Å²) in [6, 6.07) is 11.8. The van der Waals surface area contributed by atoms with Gasteiger partial charge in [-0.05, 0) is 30.7 Å². The summed E-state index contributed by atoms with van der Waals surface area (Å²) in [4.78, 5) is 6.86. The molecular weight excluding hydrogens is 348 g/mol. The number of benzene rings is 2. The summed E-state index contributed by atoms with van der Waals surface area (Å²) in [5.74, 6) is 0.693. The molecule has 0 aliphatic carbocycles. The van der Waals surface area contributed by atoms with Crippen LogP contribution in [0.15, 0.2) is 36.4 Å². The van der Waals surface area contributed by atoms with E-state index in [0.29, 0.717) is 25.4 Å². The van der Waals surface area contributed by atoms with Crippen molar-refractivity contribution >= 4 is 21.6 Å². The molecule has 0 saturated heterocycles. The second kappa shape index (κ2) is 7.23. The molecule has 2 heterocycles. The molecule has 1 aromatic heterocycles. The number of aliphatic hydroxyl groups is 1. The molecule has 26 heavy (non-hydrogen) atoms. The van der Waals surface area contributed by atoms with E-state index in [1.165, 1.54) is 0 Å². The Morgan fingerprint density at radius 1 is 1.31 bits per heavy atom. The predicted molar refractivity (Wildman–Crippen MR) is 104 cm³/mol. The van der Waals surface area contributed by atoms with Crippen LogP contribution in [0, 0.1) is 0 Å². The number of aromatic hydroxyl groups is 1. The Hall–Kier alpha value is -2.15. The fourth-order valence-corrected chi connectivity index (χ4v) is 4.21. The minimum atomic E-state index is -0.349. The number of para-hydroxylation sites is 1. The molecule has 1 aliphatic heterocycles. The van der Waals surface area contributed by atoms with Gasteiger partial charge >= 0.3 is 0 Å². The Morgan fingerprint density at radius 2 is 2.15 bits per heavy atom. The lowest BCUT2D eigenvalue weighted by atomic mass is 10.1. The van der Waals surface area contributed by atoms with Gasteiger partial charge in [-0.2, -0.15) is 0 Å². The molecule has 4 rings (SSSR count). The van der Waals surface area contributed by atoms with Gasteiger partial charge in [0, 0.05) is 30.8 Å². The molecule has 0 spiro atoms. The first-order valence-corrected chi connectivity index (χ1v) is 9.70. The minimum absolute atomic E-state index is 0.148. The normalized spacial score (nSPS) is 16.1. The number of thiazole rings is 1. The number of β-amino-alcohol motifs (C(OH)–C–C–N with tert-alkyl or cyclic N) is 1. The lowest BCUT2D eigenvalue weighted by Crippen LogP contribution is -2.33. The van der Waals surface area contributed by atoms with E-state index in [2.05, 4.69) is 11.0 Å². The van der Waals surface area contributed by atoms with Crippen LogP contribution in [-0.4, -0.2) is 45.9 Å². The van der Waals surface area contributed by atoms with Gasteiger partial charge in [0.25, 0.3) is 0 Å². The monoisotopic (exact) mass is 370 g/mol. The van der Waals surface area contributed by atoms with E-state index in [9.17, 15) is 10.2 Å². The molecule has 5 nitrogen and oxygen atoms in total. The first-order valence-electron chi connectivity index (χ1n) is 8.89. The van der Waals surface area contributed by atoms with Crippen molar-refractivity contribution in [2.24, 2.45) is 0 Å². The number of ether oxygens (including phenoxy) is 1. The Kier molecular flexibility index (Phi) is 4.80. The average Bonchev–Trinajstić information content (AvgIpc) is 2.97. The maximum atomic E-state index is 10.5. The topological polar surface area (TPSA) is 65.8 Å². The summed E-state index contributed by atoms with van der Waals surface area (Å²) in [5.41, 5.74) is 2.79. The Bertz CT molecular complexity index is 892. The summed E-state index contributed by atoms with van der Waals surface area (Å²) < 4.78 is 6.91. The van der Waals surface area contributed by atoms with Crippen LogP contribution in [0.3, 0.4) is 0 Å². The maximum Gasteiger partial charge on any atom is 0.165 e. The molecule has 0 fully saturated rings. The number of rotatable bonds is 4. The van der Waals surface area contributed by atoms with Crippen molar-refractivity contribution in [2.45, 2.75) is 26.0 Å². The SMILES string of the molecule is CCC(O)CN1CCOc2c(O)cc(-c3nc4ccccc4s3)cc2C1. The highest BCUT2D eigenvalue weighted by Gasteiger charge is 2.21. The van der Waals surface area contributed by atoms with Crippen molar-refractivity contribution in [3.05, 3.63) is 42.0 Å². The third-order valence-electron chi connectivity index (χ3n) is 4.68. The number of fused-ring (bicyclic) bond motifs is 2. The number of hydrogen-bond donors (Lipinski definition) is 2. The van der Waals surface area contributed by atoms with Gasteiger partial charge < -0.3 is 14.9 Å². The van der Waals surface area contributed by atoms with Gasteiger partial charge in [0.1, 0.15) is 11.6 Å². The van der Waals surface area contributed by atoms with Crippen LogP contribution in [0.1, 0.15) is 18.9 Å². The van der Waals surface area contributed by atoms with Crippen LogP contribution < -0.4 is 4.74 Å². The Balaban J connectivity index is 1.69. The fraction of sp³-hybridized carbons (Fsp3) is 0.350. The maximum absolute atomic E-state index is 10.5. The smallest absolute Gasteiger partial charge is 0.165 e. The van der Waals surface area contributed by atoms with Crippen LogP contribution in [0.25, 0.3) is 20.8 Å². The highest BCUT2D eigenvalue weighted by molar-refractivity contribution is 7.21. The molecule has 1 unspecified atom stereocenters. The molecule has 6 heteroatoms. The quantitative estimate of drug-likeness (QED) is 0.734. The summed E-state index contributed by atoms with van der Waals surface area (Å²) in [5, 5.41) is 21.4. The molecule has 0 radical (unpaired) electrons. The van der Waals surface area contributed by atoms with Crippen LogP contribution >= 0.6 is 11.3 Å². The lowest BCUT2D eigenvalue weighted by Gasteiger charge is -2.22. The zero-order valence-corrected chi connectivity index (χ0v) is 15.5. The summed E-state index contributed by atoms with van der Waals surface area (Å²) in [6.07, 6.45) is 0.374. The average molecular weight is 370 g/mol. The number of phenolic OH excluding ortho intramolecular Hbond substituents is 1. The van der Waals surface area contributed by atoms with Gasteiger partial charge in [-0.1, -0.05) is 19.1 Å². The second-order valence-electron chi connectivity index (χ2n) is 6.62. The van der Waals surface area contributed by atoms with E-state index < -0.39 is 0 Å². The van der Waals surface area contributed by atoms with Gasteiger partial charge in [0.15, 0.2) is 11.5 Å². The van der Waals surface area contributed by atoms with E-state index in [1.807, 2.05) is 31.2 Å². The zero-order valence-electron chi connectivity index (χ0n) is 14.7. The van der Waals surface area contributed by atoms with Gasteiger partial charge in [-0.3, -0.25) is 4.90 Å². The van der Waals surface area contributed by atoms with Crippen molar-refractivity contribution in [1.29, 1.82) is 0 Å². The standard InChI is InChI=1S/C20H22N2O3S/c1-2-15(23)12-22-7-8-25-19-14(11-22)9-13(10-17(19)24)20-21-16-5-3-4-6-18(16)26-20/h3-6,9-10,15,23-24H,2,7-8,11-12H2,1H3. The van der Waals surface area contributed by atoms with E-state index >= 15 is 0 Å². The molecule has 136 valence electrons. The van der Waals surface area contributed by atoms with Gasteiger partial charge in [-0.25, -0.2) is 4.98 Å². The molecule has 2 aromatic carbocycles. The third kappa shape index (κ3) is 3.40. The first kappa shape index (κ1) is 17.3. The van der Waals surface area contributed by atoms with E-state index in [-0.39, 0.29) is 11.9 Å².